The van der Waals surface area contributed by atoms with Crippen LogP contribution in [0.25, 0.3) is 0 Å². The fraction of sp³-hybridized carbons (Fsp3) is 0.500. The van der Waals surface area contributed by atoms with Gasteiger partial charge in [-0.05, 0) is 23.0 Å². The predicted octanol–water partition coefficient (Wildman–Crippen LogP) is 2.28. The van der Waals surface area contributed by atoms with Gasteiger partial charge in [-0.25, -0.2) is 0 Å². The molecule has 0 saturated heterocycles. The average Bonchev–Trinajstić information content (AvgIpc) is 2.57. The zero-order chi connectivity index (χ0) is 24.0. The summed E-state index contributed by atoms with van der Waals surface area (Å²) in [6.45, 7) is 11.3. The van der Waals surface area contributed by atoms with Crippen LogP contribution in [0.2, 0.25) is 0 Å². The molecule has 31 heavy (non-hydrogen) atoms. The molecule has 172 valence electrons. The first-order valence-corrected chi connectivity index (χ1v) is 12.0. The van der Waals surface area contributed by atoms with E-state index in [0.29, 0.717) is 16.8 Å². The standard InChI is InChI=1S/C18H26N4O7S2/c1-17(2,3)11-7-10(8-12(14(11)23)18(4,5)6)19-9-13-20-15(30(24,25)26)22-16(21-13)31(27,28)29/h7-8,19,23H,9H2,1-6H3,(H,24,25,26)(H,27,28,29). The maximum absolute atomic E-state index is 11.4. The summed E-state index contributed by atoms with van der Waals surface area (Å²) in [6, 6.07) is 3.41. The predicted molar refractivity (Wildman–Crippen MR) is 112 cm³/mol. The minimum atomic E-state index is -4.95. The average molecular weight is 475 g/mol. The highest BCUT2D eigenvalue weighted by Crippen LogP contribution is 2.41. The van der Waals surface area contributed by atoms with Gasteiger partial charge in [0.1, 0.15) is 5.75 Å². The molecule has 11 nitrogen and oxygen atoms in total. The Hall–Kier alpha value is -2.35. The molecule has 0 atom stereocenters. The number of hydrogen-bond donors (Lipinski definition) is 4. The third-order valence-corrected chi connectivity index (χ3v) is 5.57. The van der Waals surface area contributed by atoms with Crippen molar-refractivity contribution in [3.63, 3.8) is 0 Å². The summed E-state index contributed by atoms with van der Waals surface area (Å²) in [4.78, 5) is 10.2. The van der Waals surface area contributed by atoms with E-state index in [0.717, 1.165) is 0 Å². The van der Waals surface area contributed by atoms with Crippen LogP contribution in [0, 0.1) is 0 Å². The first kappa shape index (κ1) is 24.9. The molecular weight excluding hydrogens is 448 g/mol. The SMILES string of the molecule is CC(C)(C)c1cc(NCc2nc(S(=O)(=O)O)nc(S(=O)(=O)O)n2)cc(C(C)(C)C)c1O. The summed E-state index contributed by atoms with van der Waals surface area (Å²) in [6.07, 6.45) is 0. The van der Waals surface area contributed by atoms with Gasteiger partial charge in [-0.15, -0.1) is 0 Å². The molecule has 4 N–H and O–H groups in total. The summed E-state index contributed by atoms with van der Waals surface area (Å²) in [5.41, 5.74) is 1.07. The van der Waals surface area contributed by atoms with E-state index in [1.54, 1.807) is 12.1 Å². The molecule has 0 saturated carbocycles. The molecule has 0 aliphatic rings. The Kier molecular flexibility index (Phi) is 6.40. The van der Waals surface area contributed by atoms with Gasteiger partial charge in [0.05, 0.1) is 6.54 Å². The van der Waals surface area contributed by atoms with Crippen molar-refractivity contribution in [1.29, 1.82) is 0 Å². The first-order chi connectivity index (χ1) is 13.8. The minimum absolute atomic E-state index is 0.160. The molecule has 0 fully saturated rings. The molecule has 2 aromatic rings. The van der Waals surface area contributed by atoms with Gasteiger partial charge in [0.25, 0.3) is 10.3 Å². The van der Waals surface area contributed by atoms with Gasteiger partial charge in [0.15, 0.2) is 5.82 Å². The summed E-state index contributed by atoms with van der Waals surface area (Å²) < 4.78 is 63.8. The lowest BCUT2D eigenvalue weighted by atomic mass is 9.79. The second kappa shape index (κ2) is 7.97. The summed E-state index contributed by atoms with van der Waals surface area (Å²) in [7, 11) is -9.89. The lowest BCUT2D eigenvalue weighted by Crippen LogP contribution is -2.19. The van der Waals surface area contributed by atoms with Crippen molar-refractivity contribution in [2.24, 2.45) is 0 Å². The molecule has 0 unspecified atom stereocenters. The lowest BCUT2D eigenvalue weighted by molar-refractivity contribution is 0.423. The Balaban J connectivity index is 2.54. The molecular formula is C18H26N4O7S2. The summed E-state index contributed by atoms with van der Waals surface area (Å²) in [5, 5.41) is 11.3. The normalized spacial score (nSPS) is 13.3. The van der Waals surface area contributed by atoms with Gasteiger partial charge in [-0.1, -0.05) is 41.5 Å². The molecule has 0 spiro atoms. The van der Waals surface area contributed by atoms with Crippen molar-refractivity contribution in [3.8, 4) is 5.75 Å². The largest absolute Gasteiger partial charge is 0.507 e. The molecule has 13 heteroatoms. The van der Waals surface area contributed by atoms with Gasteiger partial charge in [0, 0.05) is 16.8 Å². The Morgan fingerprint density at radius 3 is 1.52 bits per heavy atom. The van der Waals surface area contributed by atoms with Crippen molar-refractivity contribution >= 4 is 25.9 Å². The number of anilines is 1. The van der Waals surface area contributed by atoms with Crippen LogP contribution in [0.4, 0.5) is 5.69 Å². The molecule has 1 aromatic carbocycles. The van der Waals surface area contributed by atoms with Crippen LogP contribution < -0.4 is 5.32 Å². The monoisotopic (exact) mass is 474 g/mol. The van der Waals surface area contributed by atoms with E-state index in [9.17, 15) is 21.9 Å². The van der Waals surface area contributed by atoms with Crippen LogP contribution in [0.15, 0.2) is 22.4 Å². The van der Waals surface area contributed by atoms with Crippen molar-refractivity contribution in [2.75, 3.05) is 5.32 Å². The molecule has 0 radical (unpaired) electrons. The smallest absolute Gasteiger partial charge is 0.330 e. The number of rotatable bonds is 5. The molecule has 0 amide bonds. The van der Waals surface area contributed by atoms with Gasteiger partial charge >= 0.3 is 20.2 Å². The summed E-state index contributed by atoms with van der Waals surface area (Å²) in [5.74, 6) is -0.189. The van der Waals surface area contributed by atoms with Crippen molar-refractivity contribution in [1.82, 2.24) is 15.0 Å². The van der Waals surface area contributed by atoms with E-state index in [1.165, 1.54) is 0 Å². The number of aromatic hydroxyl groups is 1. The Morgan fingerprint density at radius 1 is 0.806 bits per heavy atom. The molecule has 2 rings (SSSR count). The number of nitrogens with zero attached hydrogens (tertiary/aromatic N) is 3. The first-order valence-electron chi connectivity index (χ1n) is 9.12. The Labute approximate surface area is 181 Å². The maximum Gasteiger partial charge on any atom is 0.330 e. The highest BCUT2D eigenvalue weighted by Gasteiger charge is 2.27. The molecule has 0 aliphatic carbocycles. The van der Waals surface area contributed by atoms with E-state index in [1.807, 2.05) is 41.5 Å². The minimum Gasteiger partial charge on any atom is -0.507 e. The van der Waals surface area contributed by atoms with E-state index in [-0.39, 0.29) is 18.1 Å². The van der Waals surface area contributed by atoms with Crippen LogP contribution in [-0.2, 0) is 37.6 Å². The fourth-order valence-electron chi connectivity index (χ4n) is 2.75. The number of phenols is 1. The van der Waals surface area contributed by atoms with E-state index in [4.69, 9.17) is 9.11 Å². The second-order valence-electron chi connectivity index (χ2n) is 9.04. The van der Waals surface area contributed by atoms with Gasteiger partial charge < -0.3 is 10.4 Å². The second-order valence-corrected chi connectivity index (χ2v) is 11.7. The number of hydrogen-bond acceptors (Lipinski definition) is 9. The lowest BCUT2D eigenvalue weighted by Gasteiger charge is -2.28. The topological polar surface area (TPSA) is 180 Å². The highest BCUT2D eigenvalue weighted by molar-refractivity contribution is 7.86. The van der Waals surface area contributed by atoms with Crippen molar-refractivity contribution in [2.45, 2.75) is 69.2 Å². The van der Waals surface area contributed by atoms with Gasteiger partial charge in [-0.3, -0.25) is 9.11 Å². The van der Waals surface area contributed by atoms with Crippen LogP contribution in [0.3, 0.4) is 0 Å². The fourth-order valence-corrected chi connectivity index (χ4v) is 3.65. The number of phenolic OH excluding ortho intramolecular Hbond substituents is 1. The quantitative estimate of drug-likeness (QED) is 0.369. The maximum atomic E-state index is 11.4. The van der Waals surface area contributed by atoms with E-state index in [2.05, 4.69) is 20.3 Å². The van der Waals surface area contributed by atoms with Crippen LogP contribution in [0.1, 0.15) is 58.5 Å². The zero-order valence-electron chi connectivity index (χ0n) is 18.0. The van der Waals surface area contributed by atoms with E-state index >= 15 is 0 Å². The van der Waals surface area contributed by atoms with Crippen molar-refractivity contribution in [3.05, 3.63) is 29.1 Å². The molecule has 0 bridgehead atoms. The molecule has 1 aromatic heterocycles. The number of aromatic nitrogens is 3. The van der Waals surface area contributed by atoms with Crippen LogP contribution in [-0.4, -0.2) is 46.0 Å². The van der Waals surface area contributed by atoms with E-state index < -0.39 is 41.4 Å². The van der Waals surface area contributed by atoms with Gasteiger partial charge in [0.2, 0.25) is 0 Å². The molecule has 0 aliphatic heterocycles. The number of nitrogens with one attached hydrogen (secondary N) is 1. The zero-order valence-corrected chi connectivity index (χ0v) is 19.6. The van der Waals surface area contributed by atoms with Crippen molar-refractivity contribution < 1.29 is 31.0 Å². The Bertz CT molecular complexity index is 1130. The third kappa shape index (κ3) is 6.09. The summed E-state index contributed by atoms with van der Waals surface area (Å²) >= 11 is 0. The molecule has 1 heterocycles. The van der Waals surface area contributed by atoms with Crippen LogP contribution in [0.5, 0.6) is 5.75 Å². The number of benzene rings is 1. The third-order valence-electron chi connectivity index (χ3n) is 4.28. The Morgan fingerprint density at radius 2 is 1.19 bits per heavy atom. The van der Waals surface area contributed by atoms with Crippen LogP contribution >= 0.6 is 0 Å². The van der Waals surface area contributed by atoms with Gasteiger partial charge in [-0.2, -0.15) is 31.8 Å². The highest BCUT2D eigenvalue weighted by atomic mass is 32.2.